The minimum absolute atomic E-state index is 0.0519. The van der Waals surface area contributed by atoms with Crippen LogP contribution in [0.4, 0.5) is 0 Å². The van der Waals surface area contributed by atoms with E-state index in [4.69, 9.17) is 0 Å². The first-order valence-corrected chi connectivity index (χ1v) is 9.48. The first-order valence-electron chi connectivity index (χ1n) is 8.70. The van der Waals surface area contributed by atoms with Crippen molar-refractivity contribution in [3.63, 3.8) is 0 Å². The van der Waals surface area contributed by atoms with Gasteiger partial charge in [0, 0.05) is 50.3 Å². The van der Waals surface area contributed by atoms with Crippen molar-refractivity contribution in [3.8, 4) is 0 Å². The standard InChI is InChI=1S/C18H20N6OS/c1-13-16(26-22-21-13)18(25)23-9-4-15(5-10-23)17-20-8-11-24(17)12-14-2-6-19-7-3-14/h2-3,6-8,11,15H,4-5,9-10,12H2,1H3. The molecule has 0 spiro atoms. The number of hydrogen-bond donors (Lipinski definition) is 0. The van der Waals surface area contributed by atoms with E-state index in [-0.39, 0.29) is 5.91 Å². The molecule has 0 radical (unpaired) electrons. The molecule has 1 aliphatic rings. The summed E-state index contributed by atoms with van der Waals surface area (Å²) in [6.45, 7) is 4.11. The predicted molar refractivity (Wildman–Crippen MR) is 98.1 cm³/mol. The molecular formula is C18H20N6OS. The molecule has 1 saturated heterocycles. The SMILES string of the molecule is Cc1nnsc1C(=O)N1CCC(c2nccn2Cc2ccncc2)CC1. The van der Waals surface area contributed by atoms with Gasteiger partial charge in [-0.15, -0.1) is 5.10 Å². The first-order chi connectivity index (χ1) is 12.7. The Kier molecular flexibility index (Phi) is 4.75. The highest BCUT2D eigenvalue weighted by Crippen LogP contribution is 2.28. The molecule has 3 aromatic rings. The Hall–Kier alpha value is -2.61. The fourth-order valence-electron chi connectivity index (χ4n) is 3.41. The van der Waals surface area contributed by atoms with E-state index in [2.05, 4.69) is 24.1 Å². The molecular weight excluding hydrogens is 348 g/mol. The number of rotatable bonds is 4. The maximum Gasteiger partial charge on any atom is 0.267 e. The zero-order valence-corrected chi connectivity index (χ0v) is 15.4. The Morgan fingerprint density at radius 1 is 1.23 bits per heavy atom. The van der Waals surface area contributed by atoms with Crippen LogP contribution in [-0.4, -0.2) is 48.0 Å². The summed E-state index contributed by atoms with van der Waals surface area (Å²) < 4.78 is 6.07. The maximum atomic E-state index is 12.6. The molecule has 4 rings (SSSR count). The molecule has 8 heteroatoms. The van der Waals surface area contributed by atoms with Crippen molar-refractivity contribution < 1.29 is 4.79 Å². The summed E-state index contributed by atoms with van der Waals surface area (Å²) in [6, 6.07) is 4.05. The Balaban J connectivity index is 1.42. The smallest absolute Gasteiger partial charge is 0.267 e. The van der Waals surface area contributed by atoms with Gasteiger partial charge in [-0.25, -0.2) is 4.98 Å². The lowest BCUT2D eigenvalue weighted by atomic mass is 9.95. The quantitative estimate of drug-likeness (QED) is 0.707. The molecule has 3 aromatic heterocycles. The van der Waals surface area contributed by atoms with Gasteiger partial charge in [0.15, 0.2) is 0 Å². The van der Waals surface area contributed by atoms with Crippen LogP contribution in [0.1, 0.15) is 45.5 Å². The van der Waals surface area contributed by atoms with Gasteiger partial charge < -0.3 is 9.47 Å². The van der Waals surface area contributed by atoms with E-state index in [1.807, 2.05) is 48.7 Å². The van der Waals surface area contributed by atoms with Gasteiger partial charge in [-0.3, -0.25) is 9.78 Å². The van der Waals surface area contributed by atoms with E-state index in [1.54, 1.807) is 0 Å². The van der Waals surface area contributed by atoms with Crippen LogP contribution in [0.2, 0.25) is 0 Å². The van der Waals surface area contributed by atoms with Crippen molar-refractivity contribution in [1.29, 1.82) is 0 Å². The largest absolute Gasteiger partial charge is 0.338 e. The normalized spacial score (nSPS) is 15.3. The molecule has 0 N–H and O–H groups in total. The molecule has 26 heavy (non-hydrogen) atoms. The summed E-state index contributed by atoms with van der Waals surface area (Å²) in [7, 11) is 0. The highest BCUT2D eigenvalue weighted by atomic mass is 32.1. The van der Waals surface area contributed by atoms with E-state index >= 15 is 0 Å². The van der Waals surface area contributed by atoms with Gasteiger partial charge in [-0.05, 0) is 49.0 Å². The van der Waals surface area contributed by atoms with E-state index in [1.165, 1.54) is 17.1 Å². The third-order valence-electron chi connectivity index (χ3n) is 4.84. The van der Waals surface area contributed by atoms with Gasteiger partial charge in [0.25, 0.3) is 5.91 Å². The fourth-order valence-corrected chi connectivity index (χ4v) is 4.04. The molecule has 0 unspecified atom stereocenters. The Labute approximate surface area is 155 Å². The van der Waals surface area contributed by atoms with Crippen LogP contribution in [0.25, 0.3) is 0 Å². The average molecular weight is 368 g/mol. The molecule has 0 aromatic carbocycles. The molecule has 1 fully saturated rings. The second-order valence-corrected chi connectivity index (χ2v) is 7.28. The number of imidazole rings is 1. The Bertz CT molecular complexity index is 882. The van der Waals surface area contributed by atoms with Crippen LogP contribution in [0, 0.1) is 6.92 Å². The lowest BCUT2D eigenvalue weighted by molar-refractivity contribution is 0.0714. The number of carbonyl (C=O) groups is 1. The number of amides is 1. The van der Waals surface area contributed by atoms with Crippen molar-refractivity contribution in [2.24, 2.45) is 0 Å². The molecule has 1 aliphatic heterocycles. The molecule has 0 atom stereocenters. The van der Waals surface area contributed by atoms with E-state index in [0.717, 1.165) is 44.0 Å². The molecule has 7 nitrogen and oxygen atoms in total. The third kappa shape index (κ3) is 3.37. The number of piperidine rings is 1. The predicted octanol–water partition coefficient (Wildman–Crippen LogP) is 2.51. The summed E-state index contributed by atoms with van der Waals surface area (Å²) >= 11 is 1.18. The second-order valence-electron chi connectivity index (χ2n) is 6.52. The topological polar surface area (TPSA) is 76.8 Å². The summed E-state index contributed by atoms with van der Waals surface area (Å²) in [5, 5.41) is 3.94. The fraction of sp³-hybridized carbons (Fsp3) is 0.389. The number of pyridine rings is 1. The summed E-state index contributed by atoms with van der Waals surface area (Å²) in [4.78, 5) is 23.8. The lowest BCUT2D eigenvalue weighted by Gasteiger charge is -2.31. The van der Waals surface area contributed by atoms with Crippen LogP contribution in [-0.2, 0) is 6.54 Å². The highest BCUT2D eigenvalue weighted by Gasteiger charge is 2.28. The number of aryl methyl sites for hydroxylation is 1. The zero-order chi connectivity index (χ0) is 17.9. The van der Waals surface area contributed by atoms with Gasteiger partial charge in [0.05, 0.1) is 5.69 Å². The van der Waals surface area contributed by atoms with Crippen molar-refractivity contribution in [3.05, 3.63) is 58.9 Å². The summed E-state index contributed by atoms with van der Waals surface area (Å²) in [6.07, 6.45) is 9.35. The van der Waals surface area contributed by atoms with Crippen LogP contribution in [0.5, 0.6) is 0 Å². The van der Waals surface area contributed by atoms with Gasteiger partial charge in [-0.2, -0.15) is 0 Å². The monoisotopic (exact) mass is 368 g/mol. The highest BCUT2D eigenvalue weighted by molar-refractivity contribution is 7.07. The summed E-state index contributed by atoms with van der Waals surface area (Å²) in [5.74, 6) is 1.53. The maximum absolute atomic E-state index is 12.6. The second kappa shape index (κ2) is 7.33. The van der Waals surface area contributed by atoms with Gasteiger partial charge in [0.1, 0.15) is 10.7 Å². The van der Waals surface area contributed by atoms with Crippen LogP contribution in [0.3, 0.4) is 0 Å². The van der Waals surface area contributed by atoms with Crippen LogP contribution in [0.15, 0.2) is 36.9 Å². The van der Waals surface area contributed by atoms with Crippen LogP contribution < -0.4 is 0 Å². The summed E-state index contributed by atoms with van der Waals surface area (Å²) in [5.41, 5.74) is 1.93. The van der Waals surface area contributed by atoms with Gasteiger partial charge in [0.2, 0.25) is 0 Å². The molecule has 1 amide bonds. The molecule has 0 aliphatic carbocycles. The number of likely N-dealkylation sites (tertiary alicyclic amines) is 1. The van der Waals surface area contributed by atoms with E-state index in [9.17, 15) is 4.79 Å². The van der Waals surface area contributed by atoms with Crippen molar-refractivity contribution in [2.45, 2.75) is 32.2 Å². The minimum Gasteiger partial charge on any atom is -0.338 e. The van der Waals surface area contributed by atoms with Crippen molar-refractivity contribution in [2.75, 3.05) is 13.1 Å². The number of carbonyl (C=O) groups excluding carboxylic acids is 1. The number of aromatic nitrogens is 5. The van der Waals surface area contributed by atoms with E-state index in [0.29, 0.717) is 10.8 Å². The Morgan fingerprint density at radius 2 is 2.00 bits per heavy atom. The first kappa shape index (κ1) is 16.8. The van der Waals surface area contributed by atoms with E-state index < -0.39 is 0 Å². The van der Waals surface area contributed by atoms with Crippen molar-refractivity contribution in [1.82, 2.24) is 29.0 Å². The zero-order valence-electron chi connectivity index (χ0n) is 14.6. The third-order valence-corrected chi connectivity index (χ3v) is 5.66. The molecule has 0 bridgehead atoms. The molecule has 0 saturated carbocycles. The average Bonchev–Trinajstić information content (AvgIpc) is 3.31. The lowest BCUT2D eigenvalue weighted by Crippen LogP contribution is -2.38. The van der Waals surface area contributed by atoms with Crippen molar-refractivity contribution >= 4 is 17.4 Å². The van der Waals surface area contributed by atoms with Crippen LogP contribution >= 0.6 is 11.5 Å². The Morgan fingerprint density at radius 3 is 2.69 bits per heavy atom. The molecule has 134 valence electrons. The van der Waals surface area contributed by atoms with Gasteiger partial charge >= 0.3 is 0 Å². The number of hydrogen-bond acceptors (Lipinski definition) is 6. The molecule has 4 heterocycles. The minimum atomic E-state index is 0.0519. The number of nitrogens with zero attached hydrogens (tertiary/aromatic N) is 6. The van der Waals surface area contributed by atoms with Gasteiger partial charge in [-0.1, -0.05) is 4.49 Å².